The number of anilines is 1. The maximum Gasteiger partial charge on any atom is 0.253 e. The van der Waals surface area contributed by atoms with Gasteiger partial charge in [0.05, 0.1) is 23.7 Å². The maximum atomic E-state index is 13.5. The molecule has 0 bridgehead atoms. The summed E-state index contributed by atoms with van der Waals surface area (Å²) in [5.41, 5.74) is 0.766. The van der Waals surface area contributed by atoms with Crippen LogP contribution in [0.1, 0.15) is 44.1 Å². The number of amides is 2. The molecule has 4 rings (SSSR count). The van der Waals surface area contributed by atoms with Gasteiger partial charge in [0.25, 0.3) is 15.9 Å². The van der Waals surface area contributed by atoms with E-state index in [1.54, 1.807) is 11.4 Å². The Hall–Kier alpha value is -2.54. The predicted octanol–water partition coefficient (Wildman–Crippen LogP) is 3.28. The summed E-state index contributed by atoms with van der Waals surface area (Å²) in [4.78, 5) is 27.1. The molecule has 30 heavy (non-hydrogen) atoms. The third-order valence-electron chi connectivity index (χ3n) is 5.65. The van der Waals surface area contributed by atoms with E-state index in [0.29, 0.717) is 24.1 Å². The Morgan fingerprint density at radius 1 is 1.07 bits per heavy atom. The van der Waals surface area contributed by atoms with Crippen LogP contribution in [0.5, 0.6) is 0 Å². The Balaban J connectivity index is 1.71. The molecule has 0 N–H and O–H groups in total. The van der Waals surface area contributed by atoms with Crippen molar-refractivity contribution < 1.29 is 18.0 Å². The van der Waals surface area contributed by atoms with Gasteiger partial charge in [0.15, 0.2) is 0 Å². The van der Waals surface area contributed by atoms with Crippen LogP contribution in [-0.2, 0) is 19.6 Å². The van der Waals surface area contributed by atoms with Crippen LogP contribution in [0.4, 0.5) is 5.69 Å². The highest BCUT2D eigenvalue weighted by Crippen LogP contribution is 2.36. The quantitative estimate of drug-likeness (QED) is 0.661. The number of thiophene rings is 1. The molecule has 7 nitrogen and oxygen atoms in total. The Labute approximate surface area is 179 Å². The van der Waals surface area contributed by atoms with Gasteiger partial charge in [-0.25, -0.2) is 13.3 Å². The van der Waals surface area contributed by atoms with E-state index < -0.39 is 27.9 Å². The fourth-order valence-electron chi connectivity index (χ4n) is 4.24. The summed E-state index contributed by atoms with van der Waals surface area (Å²) in [6.07, 6.45) is 4.02. The fourth-order valence-corrected chi connectivity index (χ4v) is 7.16. The van der Waals surface area contributed by atoms with Crippen LogP contribution in [0.2, 0.25) is 0 Å². The number of hydrogen-bond acceptors (Lipinski definition) is 6. The van der Waals surface area contributed by atoms with E-state index in [1.807, 2.05) is 6.07 Å². The average molecular weight is 444 g/mol. The van der Waals surface area contributed by atoms with Crippen LogP contribution in [0.15, 0.2) is 46.0 Å². The van der Waals surface area contributed by atoms with Crippen molar-refractivity contribution in [1.29, 1.82) is 5.26 Å². The summed E-state index contributed by atoms with van der Waals surface area (Å²) in [6, 6.07) is 9.99. The van der Waals surface area contributed by atoms with E-state index >= 15 is 0 Å². The predicted molar refractivity (Wildman–Crippen MR) is 112 cm³/mol. The molecule has 1 saturated heterocycles. The van der Waals surface area contributed by atoms with Crippen molar-refractivity contribution in [3.8, 4) is 6.07 Å². The number of carbonyl (C=O) groups is 2. The molecule has 1 saturated carbocycles. The van der Waals surface area contributed by atoms with Gasteiger partial charge in [0.1, 0.15) is 10.3 Å². The molecule has 1 atom stereocenters. The van der Waals surface area contributed by atoms with Gasteiger partial charge in [0.2, 0.25) is 5.91 Å². The Kier molecular flexibility index (Phi) is 5.73. The highest BCUT2D eigenvalue weighted by atomic mass is 32.2. The minimum absolute atomic E-state index is 0.181. The second kappa shape index (κ2) is 8.30. The molecule has 2 aliphatic rings. The zero-order valence-corrected chi connectivity index (χ0v) is 17.9. The first kappa shape index (κ1) is 20.7. The largest absolute Gasteiger partial charge is 0.274 e. The topological polar surface area (TPSA) is 98.5 Å². The molecule has 2 heterocycles. The Bertz CT molecular complexity index is 1080. The van der Waals surface area contributed by atoms with E-state index in [9.17, 15) is 18.0 Å². The number of sulfonamides is 1. The van der Waals surface area contributed by atoms with Crippen LogP contribution in [0, 0.1) is 11.3 Å². The van der Waals surface area contributed by atoms with Gasteiger partial charge >= 0.3 is 0 Å². The number of imide groups is 1. The number of nitrogens with zero attached hydrogens (tertiary/aromatic N) is 3. The van der Waals surface area contributed by atoms with Crippen LogP contribution in [-0.4, -0.2) is 36.6 Å². The lowest BCUT2D eigenvalue weighted by Gasteiger charge is -2.35. The summed E-state index contributed by atoms with van der Waals surface area (Å²) in [6.45, 7) is 0. The number of hydrogen-bond donors (Lipinski definition) is 0. The van der Waals surface area contributed by atoms with Crippen LogP contribution in [0.25, 0.3) is 0 Å². The molecular formula is C21H21N3O4S2. The van der Waals surface area contributed by atoms with Gasteiger partial charge in [-0.1, -0.05) is 25.3 Å². The van der Waals surface area contributed by atoms with Crippen molar-refractivity contribution in [2.75, 3.05) is 4.90 Å². The second-order valence-electron chi connectivity index (χ2n) is 7.50. The minimum atomic E-state index is -3.90. The second-order valence-corrected chi connectivity index (χ2v) is 10.5. The van der Waals surface area contributed by atoms with Crippen molar-refractivity contribution in [3.63, 3.8) is 0 Å². The number of rotatable bonds is 5. The highest BCUT2D eigenvalue weighted by Gasteiger charge is 2.49. The molecule has 9 heteroatoms. The van der Waals surface area contributed by atoms with E-state index in [4.69, 9.17) is 5.26 Å². The van der Waals surface area contributed by atoms with Crippen molar-refractivity contribution in [2.24, 2.45) is 0 Å². The van der Waals surface area contributed by atoms with E-state index in [2.05, 4.69) is 0 Å². The molecule has 1 aliphatic carbocycles. The van der Waals surface area contributed by atoms with E-state index in [1.165, 1.54) is 34.6 Å². The normalized spacial score (nSPS) is 20.7. The van der Waals surface area contributed by atoms with Crippen molar-refractivity contribution in [1.82, 2.24) is 4.31 Å². The maximum absolute atomic E-state index is 13.5. The monoisotopic (exact) mass is 443 g/mol. The highest BCUT2D eigenvalue weighted by molar-refractivity contribution is 7.91. The number of nitriles is 1. The minimum Gasteiger partial charge on any atom is -0.274 e. The van der Waals surface area contributed by atoms with Crippen LogP contribution >= 0.6 is 11.3 Å². The molecule has 0 radical (unpaired) electrons. The third-order valence-corrected chi connectivity index (χ3v) is 8.98. The number of carbonyl (C=O) groups excluding carboxylic acids is 2. The SMILES string of the molecule is N#Cc1ccc(N2C(=O)CC(N(C3CCCCC3)S(=O)(=O)c3cccs3)C2=O)cc1. The van der Waals surface area contributed by atoms with Crippen LogP contribution < -0.4 is 4.90 Å². The van der Waals surface area contributed by atoms with Gasteiger partial charge in [-0.2, -0.15) is 9.57 Å². The first-order valence-corrected chi connectivity index (χ1v) is 12.2. The molecule has 2 aromatic rings. The van der Waals surface area contributed by atoms with Crippen molar-refractivity contribution in [3.05, 3.63) is 47.3 Å². The third kappa shape index (κ3) is 3.67. The van der Waals surface area contributed by atoms with Gasteiger partial charge < -0.3 is 0 Å². The van der Waals surface area contributed by atoms with Gasteiger partial charge in [-0.15, -0.1) is 11.3 Å². The summed E-state index contributed by atoms with van der Waals surface area (Å²) in [5.74, 6) is -0.965. The smallest absolute Gasteiger partial charge is 0.253 e. The van der Waals surface area contributed by atoms with Crippen LogP contribution in [0.3, 0.4) is 0 Å². The summed E-state index contributed by atoms with van der Waals surface area (Å²) < 4.78 is 28.4. The summed E-state index contributed by atoms with van der Waals surface area (Å²) in [5, 5.41) is 10.7. The Morgan fingerprint density at radius 3 is 2.37 bits per heavy atom. The molecule has 156 valence electrons. The molecule has 0 spiro atoms. The number of benzene rings is 1. The average Bonchev–Trinajstić information content (AvgIpc) is 3.39. The molecule has 2 fully saturated rings. The molecule has 2 amide bonds. The molecule has 1 aromatic heterocycles. The standard InChI is InChI=1S/C21H21N3O4S2/c22-14-15-8-10-16(11-9-15)23-19(25)13-18(21(23)26)24(17-5-2-1-3-6-17)30(27,28)20-7-4-12-29-20/h4,7-12,17-18H,1-3,5-6,13H2. The fraction of sp³-hybridized carbons (Fsp3) is 0.381. The summed E-state index contributed by atoms with van der Waals surface area (Å²) >= 11 is 1.11. The Morgan fingerprint density at radius 2 is 1.77 bits per heavy atom. The summed E-state index contributed by atoms with van der Waals surface area (Å²) in [7, 11) is -3.90. The lowest BCUT2D eigenvalue weighted by Crippen LogP contribution is -2.51. The molecular weight excluding hydrogens is 422 g/mol. The van der Waals surface area contributed by atoms with Crippen molar-refractivity contribution >= 4 is 38.9 Å². The first-order chi connectivity index (χ1) is 14.4. The zero-order valence-electron chi connectivity index (χ0n) is 16.2. The zero-order chi connectivity index (χ0) is 21.3. The van der Waals surface area contributed by atoms with Gasteiger partial charge in [-0.05, 0) is 48.6 Å². The van der Waals surface area contributed by atoms with Gasteiger partial charge in [0, 0.05) is 6.04 Å². The molecule has 1 aromatic carbocycles. The van der Waals surface area contributed by atoms with E-state index in [0.717, 1.165) is 35.5 Å². The van der Waals surface area contributed by atoms with E-state index in [-0.39, 0.29) is 16.7 Å². The van der Waals surface area contributed by atoms with Crippen molar-refractivity contribution in [2.45, 2.75) is 54.8 Å². The lowest BCUT2D eigenvalue weighted by atomic mass is 9.94. The first-order valence-electron chi connectivity index (χ1n) is 9.87. The van der Waals surface area contributed by atoms with Gasteiger partial charge in [-0.3, -0.25) is 9.59 Å². The molecule has 1 unspecified atom stereocenters. The lowest BCUT2D eigenvalue weighted by molar-refractivity contribution is -0.122. The molecule has 1 aliphatic heterocycles.